The van der Waals surface area contributed by atoms with E-state index in [4.69, 9.17) is 4.42 Å². The maximum absolute atomic E-state index is 6.54. The number of aromatic nitrogens is 2. The average Bonchev–Trinajstić information content (AvgIpc) is 4.09. The fourth-order valence-electron chi connectivity index (χ4n) is 10.3. The van der Waals surface area contributed by atoms with Gasteiger partial charge in [0.05, 0.1) is 32.5 Å². The van der Waals surface area contributed by atoms with Crippen LogP contribution >= 0.6 is 11.3 Å². The molecule has 0 saturated carbocycles. The molecule has 4 heteroatoms. The highest BCUT2D eigenvalue weighted by Crippen LogP contribution is 2.45. The third-order valence-electron chi connectivity index (χ3n) is 13.1. The molecule has 3 nitrogen and oxygen atoms in total. The van der Waals surface area contributed by atoms with E-state index in [0.717, 1.165) is 38.8 Å². The van der Waals surface area contributed by atoms with E-state index in [9.17, 15) is 0 Å². The van der Waals surface area contributed by atoms with Crippen molar-refractivity contribution in [3.8, 4) is 33.6 Å². The van der Waals surface area contributed by atoms with Crippen LogP contribution in [0.3, 0.4) is 0 Å². The monoisotopic (exact) mass is 806 g/mol. The number of thiophene rings is 1. The van der Waals surface area contributed by atoms with Gasteiger partial charge < -0.3 is 13.6 Å². The molecule has 0 spiro atoms. The Bertz CT molecular complexity index is 4160. The van der Waals surface area contributed by atoms with Gasteiger partial charge in [0.25, 0.3) is 0 Å². The van der Waals surface area contributed by atoms with Crippen LogP contribution in [0.1, 0.15) is 0 Å². The molecule has 0 saturated heterocycles. The van der Waals surface area contributed by atoms with Crippen molar-refractivity contribution in [3.63, 3.8) is 0 Å². The Kier molecular flexibility index (Phi) is 6.99. The van der Waals surface area contributed by atoms with Gasteiger partial charge in [-0.3, -0.25) is 0 Å². The van der Waals surface area contributed by atoms with Crippen molar-refractivity contribution in [2.45, 2.75) is 0 Å². The molecule has 0 unspecified atom stereocenters. The summed E-state index contributed by atoms with van der Waals surface area (Å²) in [5.41, 5.74) is 13.6. The minimum atomic E-state index is 0.909. The highest BCUT2D eigenvalue weighted by molar-refractivity contribution is 7.26. The number of hydrogen-bond donors (Lipinski definition) is 0. The second-order valence-electron chi connectivity index (χ2n) is 16.4. The quantitative estimate of drug-likeness (QED) is 0.174. The molecule has 0 bridgehead atoms. The first-order valence-corrected chi connectivity index (χ1v) is 22.0. The molecule has 14 aromatic rings. The standard InChI is InChI=1S/C58H34N2OS/c1-2-13-39(14-3-1)59-49-28-25-36(32-46(49)47-34-38(27-30-50(47)59)41-18-10-19-44-42-16-6-8-22-54(42)61-57(41)44)37-26-29-51-48(33-37)56-40-15-5-4-12-35(40)24-31-52(56)60(51)53-21-11-20-45-43-17-7-9-23-55(43)62-58(45)53/h1-34H. The molecule has 0 amide bonds. The van der Waals surface area contributed by atoms with Crippen molar-refractivity contribution in [1.29, 1.82) is 0 Å². The van der Waals surface area contributed by atoms with Crippen molar-refractivity contribution in [2.24, 2.45) is 0 Å². The minimum absolute atomic E-state index is 0.909. The van der Waals surface area contributed by atoms with Crippen LogP contribution < -0.4 is 0 Å². The third kappa shape index (κ3) is 4.75. The molecule has 0 N–H and O–H groups in total. The molecule has 10 aromatic carbocycles. The largest absolute Gasteiger partial charge is 0.455 e. The highest BCUT2D eigenvalue weighted by Gasteiger charge is 2.21. The summed E-state index contributed by atoms with van der Waals surface area (Å²) in [4.78, 5) is 0. The smallest absolute Gasteiger partial charge is 0.143 e. The summed E-state index contributed by atoms with van der Waals surface area (Å²) in [7, 11) is 0. The topological polar surface area (TPSA) is 23.0 Å². The Hall–Kier alpha value is -7.92. The van der Waals surface area contributed by atoms with Crippen molar-refractivity contribution in [2.75, 3.05) is 0 Å². The second kappa shape index (κ2) is 12.8. The SMILES string of the molecule is c1ccc(-n2c3ccc(-c4ccc5c(c4)c4c6ccccc6ccc4n5-c4cccc5c4sc4ccccc45)cc3c3cc(-c4cccc5c4oc4ccccc45)ccc32)cc1. The first-order chi connectivity index (χ1) is 30.7. The van der Waals surface area contributed by atoms with Gasteiger partial charge in [-0.1, -0.05) is 133 Å². The van der Waals surface area contributed by atoms with Crippen molar-refractivity contribution in [1.82, 2.24) is 9.13 Å². The summed E-state index contributed by atoms with van der Waals surface area (Å²) < 4.78 is 14.1. The zero-order valence-corrected chi connectivity index (χ0v) is 34.2. The van der Waals surface area contributed by atoms with Gasteiger partial charge in [0.15, 0.2) is 0 Å². The van der Waals surface area contributed by atoms with Crippen LogP contribution in [0.4, 0.5) is 0 Å². The fourth-order valence-corrected chi connectivity index (χ4v) is 11.5. The number of nitrogens with zero attached hydrogens (tertiary/aromatic N) is 2. The molecule has 4 aromatic heterocycles. The Morgan fingerprint density at radius 1 is 0.371 bits per heavy atom. The molecule has 0 radical (unpaired) electrons. The van der Waals surface area contributed by atoms with Gasteiger partial charge >= 0.3 is 0 Å². The maximum atomic E-state index is 6.54. The van der Waals surface area contributed by atoms with E-state index in [1.807, 2.05) is 17.4 Å². The van der Waals surface area contributed by atoms with Crippen LogP contribution in [0.2, 0.25) is 0 Å². The summed E-state index contributed by atoms with van der Waals surface area (Å²) in [6.45, 7) is 0. The zero-order chi connectivity index (χ0) is 40.5. The van der Waals surface area contributed by atoms with Gasteiger partial charge in [0.1, 0.15) is 11.2 Å². The summed E-state index contributed by atoms with van der Waals surface area (Å²) in [5, 5.41) is 12.3. The van der Waals surface area contributed by atoms with Crippen LogP contribution in [0.25, 0.3) is 130 Å². The van der Waals surface area contributed by atoms with Crippen molar-refractivity contribution in [3.05, 3.63) is 206 Å². The lowest BCUT2D eigenvalue weighted by molar-refractivity contribution is 0.670. The number of rotatable bonds is 4. The Labute approximate surface area is 359 Å². The summed E-state index contributed by atoms with van der Waals surface area (Å²) in [5.74, 6) is 0. The minimum Gasteiger partial charge on any atom is -0.455 e. The lowest BCUT2D eigenvalue weighted by atomic mass is 9.98. The van der Waals surface area contributed by atoms with E-state index in [2.05, 4.69) is 209 Å². The van der Waals surface area contributed by atoms with E-state index < -0.39 is 0 Å². The Morgan fingerprint density at radius 3 is 1.82 bits per heavy atom. The molecule has 0 aliphatic carbocycles. The predicted molar refractivity (Wildman–Crippen MR) is 264 cm³/mol. The molecule has 4 heterocycles. The lowest BCUT2D eigenvalue weighted by Crippen LogP contribution is -1.94. The summed E-state index contributed by atoms with van der Waals surface area (Å²) in [6.07, 6.45) is 0. The van der Waals surface area contributed by atoms with Gasteiger partial charge in [0.2, 0.25) is 0 Å². The molecule has 0 aliphatic rings. The van der Waals surface area contributed by atoms with Crippen LogP contribution in [0.15, 0.2) is 211 Å². The Morgan fingerprint density at radius 2 is 0.984 bits per heavy atom. The number of benzene rings is 10. The molecular formula is C58H34N2OS. The molecule has 0 fully saturated rings. The molecular weight excluding hydrogens is 773 g/mol. The second-order valence-corrected chi connectivity index (χ2v) is 17.5. The third-order valence-corrected chi connectivity index (χ3v) is 14.3. The van der Waals surface area contributed by atoms with Crippen LogP contribution in [-0.2, 0) is 0 Å². The number of hydrogen-bond acceptors (Lipinski definition) is 2. The normalized spacial score (nSPS) is 12.2. The van der Waals surface area contributed by atoms with Gasteiger partial charge in [-0.25, -0.2) is 0 Å². The first kappa shape index (κ1) is 33.9. The zero-order valence-electron chi connectivity index (χ0n) is 33.3. The van der Waals surface area contributed by atoms with E-state index in [1.54, 1.807) is 0 Å². The van der Waals surface area contributed by atoms with E-state index in [0.29, 0.717) is 0 Å². The van der Waals surface area contributed by atoms with Crippen molar-refractivity contribution >= 4 is 108 Å². The summed E-state index contributed by atoms with van der Waals surface area (Å²) >= 11 is 1.88. The van der Waals surface area contributed by atoms with Crippen molar-refractivity contribution < 1.29 is 4.42 Å². The van der Waals surface area contributed by atoms with Crippen LogP contribution in [0.5, 0.6) is 0 Å². The van der Waals surface area contributed by atoms with Crippen LogP contribution in [0, 0.1) is 0 Å². The highest BCUT2D eigenvalue weighted by atomic mass is 32.1. The fraction of sp³-hybridized carbons (Fsp3) is 0. The number of furan rings is 1. The van der Waals surface area contributed by atoms with Gasteiger partial charge in [0, 0.05) is 59.0 Å². The molecule has 0 atom stereocenters. The van der Waals surface area contributed by atoms with E-state index in [1.165, 1.54) is 91.4 Å². The number of fused-ring (bicyclic) bond motifs is 14. The van der Waals surface area contributed by atoms with Gasteiger partial charge in [-0.2, -0.15) is 0 Å². The molecule has 288 valence electrons. The van der Waals surface area contributed by atoms with Crippen LogP contribution in [-0.4, -0.2) is 9.13 Å². The van der Waals surface area contributed by atoms with Gasteiger partial charge in [-0.15, -0.1) is 11.3 Å². The lowest BCUT2D eigenvalue weighted by Gasteiger charge is -2.10. The Balaban J connectivity index is 1.01. The first-order valence-electron chi connectivity index (χ1n) is 21.2. The predicted octanol–water partition coefficient (Wildman–Crippen LogP) is 16.6. The molecule has 14 rings (SSSR count). The molecule has 0 aliphatic heterocycles. The van der Waals surface area contributed by atoms with Gasteiger partial charge in [-0.05, 0) is 100 Å². The average molecular weight is 807 g/mol. The maximum Gasteiger partial charge on any atom is 0.143 e. The number of para-hydroxylation sites is 3. The summed E-state index contributed by atoms with van der Waals surface area (Å²) in [6, 6.07) is 75.5. The van der Waals surface area contributed by atoms with E-state index in [-0.39, 0.29) is 0 Å². The van der Waals surface area contributed by atoms with E-state index >= 15 is 0 Å². The molecule has 62 heavy (non-hydrogen) atoms.